The molecule has 1 aliphatic rings. The third-order valence-corrected chi connectivity index (χ3v) is 15.5. The average molecular weight is 1490 g/mol. The maximum Gasteiger partial charge on any atom is 0.305 e. The highest BCUT2D eigenvalue weighted by Crippen LogP contribution is 2.50. The standard InChI is InChI=1S/C78H122O27/c1-4-81-61-63-104-71-11-5-67(6-12-71)69-9-15-73-74-16-10-70(66-76(74)78(2,3)75(73)65-69)68-7-13-72(14-8-68)105-64-62-103-60-59-102-58-57-101-56-55-100-54-53-99-52-51-98-50-49-97-48-47-96-46-45-95-44-43-94-42-41-93-40-39-92-38-37-91-36-35-90-34-33-89-32-31-88-30-29-87-28-27-86-26-25-85-24-23-84-22-21-83-20-19-82-18-17-77(79)80/h5-16,65-66H,4,17-64H2,1-3H3,(H,79,80). The van der Waals surface area contributed by atoms with Crippen molar-refractivity contribution in [3.63, 3.8) is 0 Å². The van der Waals surface area contributed by atoms with Crippen molar-refractivity contribution in [2.45, 2.75) is 32.6 Å². The van der Waals surface area contributed by atoms with Gasteiger partial charge in [-0.25, -0.2) is 0 Å². The van der Waals surface area contributed by atoms with Gasteiger partial charge in [-0.3, -0.25) is 4.79 Å². The van der Waals surface area contributed by atoms with Gasteiger partial charge in [0.25, 0.3) is 0 Å². The van der Waals surface area contributed by atoms with Gasteiger partial charge in [-0.2, -0.15) is 0 Å². The molecule has 0 amide bonds. The molecule has 0 radical (unpaired) electrons. The summed E-state index contributed by atoms with van der Waals surface area (Å²) in [6.45, 7) is 29.3. The third kappa shape index (κ3) is 45.6. The molecule has 0 heterocycles. The zero-order chi connectivity index (χ0) is 74.1. The van der Waals surface area contributed by atoms with Crippen molar-refractivity contribution in [2.75, 3.05) is 317 Å². The molecule has 5 rings (SSSR count). The van der Waals surface area contributed by atoms with Crippen molar-refractivity contribution in [2.24, 2.45) is 0 Å². The van der Waals surface area contributed by atoms with Gasteiger partial charge in [-0.05, 0) is 87.8 Å². The number of carbonyl (C=O) groups is 1. The van der Waals surface area contributed by atoms with Crippen LogP contribution in [0, 0.1) is 0 Å². The Morgan fingerprint density at radius 2 is 0.429 bits per heavy atom. The van der Waals surface area contributed by atoms with E-state index in [4.69, 9.17) is 124 Å². The summed E-state index contributed by atoms with van der Waals surface area (Å²) in [6, 6.07) is 30.2. The highest BCUT2D eigenvalue weighted by atomic mass is 16.6. The summed E-state index contributed by atoms with van der Waals surface area (Å²) in [4.78, 5) is 10.4. The second kappa shape index (κ2) is 63.9. The van der Waals surface area contributed by atoms with Gasteiger partial charge in [0.05, 0.1) is 304 Å². The molecule has 4 aromatic rings. The number of fused-ring (bicyclic) bond motifs is 3. The maximum atomic E-state index is 10.4. The molecule has 0 saturated heterocycles. The van der Waals surface area contributed by atoms with Crippen molar-refractivity contribution >= 4 is 5.97 Å². The van der Waals surface area contributed by atoms with Crippen molar-refractivity contribution in [1.82, 2.24) is 0 Å². The van der Waals surface area contributed by atoms with Crippen LogP contribution in [0.5, 0.6) is 11.5 Å². The number of benzene rings is 4. The summed E-state index contributed by atoms with van der Waals surface area (Å²) in [5.74, 6) is 0.769. The Labute approximate surface area is 622 Å². The first-order valence-electron chi connectivity index (χ1n) is 37.1. The third-order valence-electron chi connectivity index (χ3n) is 15.5. The van der Waals surface area contributed by atoms with Crippen LogP contribution in [0.4, 0.5) is 0 Å². The summed E-state index contributed by atoms with van der Waals surface area (Å²) >= 11 is 0. The van der Waals surface area contributed by atoms with E-state index in [2.05, 4.69) is 74.5 Å². The summed E-state index contributed by atoms with van der Waals surface area (Å²) < 4.78 is 139. The fourth-order valence-electron chi connectivity index (χ4n) is 10.0. The lowest BCUT2D eigenvalue weighted by atomic mass is 9.81. The molecule has 0 saturated carbocycles. The molecule has 105 heavy (non-hydrogen) atoms. The molecule has 0 unspecified atom stereocenters. The minimum Gasteiger partial charge on any atom is -0.491 e. The van der Waals surface area contributed by atoms with Crippen LogP contribution in [-0.4, -0.2) is 328 Å². The van der Waals surface area contributed by atoms with Crippen LogP contribution in [0.3, 0.4) is 0 Å². The molecule has 0 aliphatic heterocycles. The minimum atomic E-state index is -0.880. The lowest BCUT2D eigenvalue weighted by molar-refractivity contribution is -0.138. The van der Waals surface area contributed by atoms with E-state index in [0.29, 0.717) is 311 Å². The highest BCUT2D eigenvalue weighted by molar-refractivity contribution is 5.86. The predicted molar refractivity (Wildman–Crippen MR) is 393 cm³/mol. The SMILES string of the molecule is CCOCCOc1ccc(-c2ccc3c(c2)C(C)(C)c2cc(-c4ccc(OCCOCCOCCOCCOCCOCCOCCOCCOCCOCCOCCOCCOCCOCCOCCOCCOCCOCCOCCOCCOCCOCCOCCC(=O)O)cc4)ccc2-3)cc1. The molecule has 0 aromatic heterocycles. The molecule has 0 spiro atoms. The molecule has 0 bridgehead atoms. The van der Waals surface area contributed by atoms with Crippen molar-refractivity contribution < 1.29 is 128 Å². The molecule has 27 nitrogen and oxygen atoms in total. The molecule has 4 aromatic carbocycles. The lowest BCUT2D eigenvalue weighted by Crippen LogP contribution is -2.16. The van der Waals surface area contributed by atoms with Gasteiger partial charge in [-0.1, -0.05) is 62.4 Å². The van der Waals surface area contributed by atoms with Crippen LogP contribution in [0.15, 0.2) is 84.9 Å². The normalized spacial score (nSPS) is 12.4. The van der Waals surface area contributed by atoms with Crippen LogP contribution in [0.2, 0.25) is 0 Å². The van der Waals surface area contributed by atoms with Crippen LogP contribution in [-0.2, 0) is 119 Å². The number of carboxylic acids is 1. The first kappa shape index (κ1) is 90.6. The van der Waals surface area contributed by atoms with E-state index in [1.165, 1.54) is 33.4 Å². The van der Waals surface area contributed by atoms with Gasteiger partial charge >= 0.3 is 5.97 Å². The second-order valence-electron chi connectivity index (χ2n) is 23.7. The zero-order valence-corrected chi connectivity index (χ0v) is 62.8. The van der Waals surface area contributed by atoms with E-state index in [-0.39, 0.29) is 18.4 Å². The Kier molecular flexibility index (Phi) is 55.2. The predicted octanol–water partition coefficient (Wildman–Crippen LogP) is 7.96. The molecular formula is C78H122O27. The van der Waals surface area contributed by atoms with Crippen LogP contribution in [0.1, 0.15) is 38.3 Å². The second-order valence-corrected chi connectivity index (χ2v) is 23.7. The molecule has 1 aliphatic carbocycles. The molecule has 596 valence electrons. The fraction of sp³-hybridized carbons (Fsp3) is 0.679. The number of carboxylic acid groups (broad SMARTS) is 1. The van der Waals surface area contributed by atoms with Gasteiger partial charge in [0.15, 0.2) is 0 Å². The summed E-state index contributed by atoms with van der Waals surface area (Å²) in [7, 11) is 0. The lowest BCUT2D eigenvalue weighted by Gasteiger charge is -2.22. The van der Waals surface area contributed by atoms with Crippen molar-refractivity contribution in [3.05, 3.63) is 96.1 Å². The smallest absolute Gasteiger partial charge is 0.305 e. The van der Waals surface area contributed by atoms with Gasteiger partial charge in [0.1, 0.15) is 24.7 Å². The van der Waals surface area contributed by atoms with Crippen LogP contribution < -0.4 is 9.47 Å². The number of rotatable bonds is 77. The Balaban J connectivity index is 0.644. The Morgan fingerprint density at radius 3 is 0.629 bits per heavy atom. The Hall–Kier alpha value is -4.97. The summed E-state index contributed by atoms with van der Waals surface area (Å²) in [6.07, 6.45) is -0.0111. The monoisotopic (exact) mass is 1490 g/mol. The molecule has 0 atom stereocenters. The van der Waals surface area contributed by atoms with Crippen molar-refractivity contribution in [3.8, 4) is 44.9 Å². The van der Waals surface area contributed by atoms with E-state index in [1.807, 2.05) is 31.2 Å². The quantitative estimate of drug-likeness (QED) is 0.0411. The van der Waals surface area contributed by atoms with Gasteiger partial charge in [0, 0.05) is 12.0 Å². The van der Waals surface area contributed by atoms with Gasteiger partial charge < -0.3 is 124 Å². The number of hydrogen-bond donors (Lipinski definition) is 1. The first-order valence-corrected chi connectivity index (χ1v) is 37.1. The summed E-state index contributed by atoms with van der Waals surface area (Å²) in [5.41, 5.74) is 9.77. The molecule has 0 fully saturated rings. The average Bonchev–Trinajstić information content (AvgIpc) is 1.58. The van der Waals surface area contributed by atoms with Gasteiger partial charge in [0.2, 0.25) is 0 Å². The minimum absolute atomic E-state index is 0.0111. The van der Waals surface area contributed by atoms with E-state index >= 15 is 0 Å². The number of hydrogen-bond acceptors (Lipinski definition) is 26. The molecule has 1 N–H and O–H groups in total. The van der Waals surface area contributed by atoms with Gasteiger partial charge in [-0.15, -0.1) is 0 Å². The topological polar surface area (TPSA) is 268 Å². The van der Waals surface area contributed by atoms with E-state index < -0.39 is 5.97 Å². The molecular weight excluding hydrogens is 1370 g/mol. The fourth-order valence-corrected chi connectivity index (χ4v) is 10.0. The Morgan fingerprint density at radius 1 is 0.248 bits per heavy atom. The largest absolute Gasteiger partial charge is 0.491 e. The van der Waals surface area contributed by atoms with E-state index in [9.17, 15) is 4.79 Å². The number of ether oxygens (including phenoxy) is 25. The maximum absolute atomic E-state index is 10.4. The van der Waals surface area contributed by atoms with Crippen LogP contribution >= 0.6 is 0 Å². The van der Waals surface area contributed by atoms with E-state index in [0.717, 1.165) is 22.6 Å². The zero-order valence-electron chi connectivity index (χ0n) is 62.8. The first-order chi connectivity index (χ1) is 51.9. The van der Waals surface area contributed by atoms with E-state index in [1.54, 1.807) is 0 Å². The van der Waals surface area contributed by atoms with Crippen LogP contribution in [0.25, 0.3) is 33.4 Å². The van der Waals surface area contributed by atoms with Crippen molar-refractivity contribution in [1.29, 1.82) is 0 Å². The Bertz CT molecular complexity index is 2660. The highest BCUT2D eigenvalue weighted by Gasteiger charge is 2.36. The number of aliphatic carboxylic acids is 1. The molecule has 27 heteroatoms. The summed E-state index contributed by atoms with van der Waals surface area (Å²) in [5, 5.41) is 8.54.